The predicted molar refractivity (Wildman–Crippen MR) is 45.3 cm³/mol. The summed E-state index contributed by atoms with van der Waals surface area (Å²) in [7, 11) is 0. The van der Waals surface area contributed by atoms with E-state index >= 15 is 0 Å². The zero-order chi connectivity index (χ0) is 8.69. The Bertz CT molecular complexity index is 176. The van der Waals surface area contributed by atoms with Crippen molar-refractivity contribution in [1.82, 2.24) is 0 Å². The molecule has 0 atom stereocenters. The molecule has 0 aromatic heterocycles. The second-order valence-electron chi connectivity index (χ2n) is 1.84. The van der Waals surface area contributed by atoms with Gasteiger partial charge in [0.15, 0.2) is 0 Å². The number of rotatable bonds is 4. The topological polar surface area (TPSA) is 63.6 Å². The SMILES string of the molecule is CCCOC(=O)/C=C/C(=O)O.Cl. The van der Waals surface area contributed by atoms with Crippen LogP contribution in [0.5, 0.6) is 0 Å². The number of esters is 1. The molecule has 0 saturated carbocycles. The number of carboxylic acids is 1. The molecular weight excluding hydrogens is 184 g/mol. The van der Waals surface area contributed by atoms with E-state index < -0.39 is 11.9 Å². The number of halogens is 1. The molecule has 0 aliphatic heterocycles. The first-order valence-corrected chi connectivity index (χ1v) is 3.24. The minimum absolute atomic E-state index is 0. The van der Waals surface area contributed by atoms with Crippen LogP contribution in [0.1, 0.15) is 13.3 Å². The van der Waals surface area contributed by atoms with Crippen LogP contribution < -0.4 is 0 Å². The third-order valence-electron chi connectivity index (χ3n) is 0.810. The van der Waals surface area contributed by atoms with Gasteiger partial charge in [-0.15, -0.1) is 12.4 Å². The van der Waals surface area contributed by atoms with E-state index in [2.05, 4.69) is 4.74 Å². The van der Waals surface area contributed by atoms with Crippen molar-refractivity contribution < 1.29 is 19.4 Å². The van der Waals surface area contributed by atoms with Gasteiger partial charge in [-0.05, 0) is 6.42 Å². The Morgan fingerprint density at radius 3 is 2.42 bits per heavy atom. The largest absolute Gasteiger partial charge is 0.478 e. The quantitative estimate of drug-likeness (QED) is 0.536. The highest BCUT2D eigenvalue weighted by atomic mass is 35.5. The van der Waals surface area contributed by atoms with Crippen LogP contribution in [0.25, 0.3) is 0 Å². The zero-order valence-electron chi connectivity index (χ0n) is 6.65. The summed E-state index contributed by atoms with van der Waals surface area (Å²) in [5, 5.41) is 8.09. The fourth-order valence-electron chi connectivity index (χ4n) is 0.390. The first-order valence-electron chi connectivity index (χ1n) is 3.24. The number of aliphatic carboxylic acids is 1. The number of hydrogen-bond donors (Lipinski definition) is 1. The normalized spacial score (nSPS) is 9.08. The third-order valence-corrected chi connectivity index (χ3v) is 0.810. The van der Waals surface area contributed by atoms with Gasteiger partial charge >= 0.3 is 11.9 Å². The molecule has 0 bridgehead atoms. The highest BCUT2D eigenvalue weighted by molar-refractivity contribution is 5.90. The molecule has 4 nitrogen and oxygen atoms in total. The van der Waals surface area contributed by atoms with Crippen molar-refractivity contribution >= 4 is 24.3 Å². The number of carbonyl (C=O) groups is 2. The zero-order valence-corrected chi connectivity index (χ0v) is 7.47. The Labute approximate surface area is 76.6 Å². The minimum atomic E-state index is -1.15. The Balaban J connectivity index is 0. The molecule has 12 heavy (non-hydrogen) atoms. The van der Waals surface area contributed by atoms with Crippen LogP contribution >= 0.6 is 12.4 Å². The van der Waals surface area contributed by atoms with Crippen molar-refractivity contribution in [2.24, 2.45) is 0 Å². The summed E-state index contributed by atoms with van der Waals surface area (Å²) in [5.41, 5.74) is 0. The molecule has 5 heteroatoms. The molecule has 0 unspecified atom stereocenters. The number of carboxylic acid groups (broad SMARTS) is 1. The Kier molecular flexibility index (Phi) is 9.11. The van der Waals surface area contributed by atoms with E-state index in [4.69, 9.17) is 5.11 Å². The van der Waals surface area contributed by atoms with E-state index in [-0.39, 0.29) is 12.4 Å². The maximum absolute atomic E-state index is 10.5. The fourth-order valence-corrected chi connectivity index (χ4v) is 0.390. The molecule has 0 rings (SSSR count). The summed E-state index contributed by atoms with van der Waals surface area (Å²) < 4.78 is 4.55. The van der Waals surface area contributed by atoms with Gasteiger partial charge < -0.3 is 9.84 Å². The maximum Gasteiger partial charge on any atom is 0.331 e. The van der Waals surface area contributed by atoms with Crippen LogP contribution in [0.15, 0.2) is 12.2 Å². The van der Waals surface area contributed by atoms with Crippen LogP contribution in [0.3, 0.4) is 0 Å². The molecule has 0 radical (unpaired) electrons. The molecule has 0 aliphatic carbocycles. The molecule has 0 spiro atoms. The van der Waals surface area contributed by atoms with Gasteiger partial charge in [0, 0.05) is 12.2 Å². The van der Waals surface area contributed by atoms with Crippen LogP contribution in [-0.2, 0) is 14.3 Å². The highest BCUT2D eigenvalue weighted by Crippen LogP contribution is 1.84. The van der Waals surface area contributed by atoms with E-state index in [9.17, 15) is 9.59 Å². The van der Waals surface area contributed by atoms with E-state index in [0.717, 1.165) is 18.6 Å². The molecule has 0 aromatic carbocycles. The number of hydrogen-bond acceptors (Lipinski definition) is 3. The van der Waals surface area contributed by atoms with E-state index in [1.165, 1.54) is 0 Å². The third kappa shape index (κ3) is 8.97. The van der Waals surface area contributed by atoms with Crippen LogP contribution in [-0.4, -0.2) is 23.7 Å². The average Bonchev–Trinajstić information content (AvgIpc) is 1.97. The average molecular weight is 195 g/mol. The van der Waals surface area contributed by atoms with Gasteiger partial charge in [-0.25, -0.2) is 9.59 Å². The van der Waals surface area contributed by atoms with Crippen LogP contribution in [0, 0.1) is 0 Å². The predicted octanol–water partition coefficient (Wildman–Crippen LogP) is 1.00. The Hall–Kier alpha value is -1.03. The van der Waals surface area contributed by atoms with Crippen molar-refractivity contribution in [3.63, 3.8) is 0 Å². The van der Waals surface area contributed by atoms with E-state index in [0.29, 0.717) is 6.61 Å². The first kappa shape index (κ1) is 13.6. The number of ether oxygens (including phenoxy) is 1. The van der Waals surface area contributed by atoms with Gasteiger partial charge in [0.05, 0.1) is 6.61 Å². The standard InChI is InChI=1S/C7H10O4.ClH/c1-2-5-11-7(10)4-3-6(8)9;/h3-4H,2,5H2,1H3,(H,8,9);1H/b4-3+;. The van der Waals surface area contributed by atoms with Crippen LogP contribution in [0.2, 0.25) is 0 Å². The summed E-state index contributed by atoms with van der Waals surface area (Å²) >= 11 is 0. The highest BCUT2D eigenvalue weighted by Gasteiger charge is 1.95. The smallest absolute Gasteiger partial charge is 0.331 e. The van der Waals surface area contributed by atoms with E-state index in [1.54, 1.807) is 0 Å². The van der Waals surface area contributed by atoms with Gasteiger partial charge in [0.25, 0.3) is 0 Å². The summed E-state index contributed by atoms with van der Waals surface area (Å²) in [5.74, 6) is -1.77. The molecule has 0 saturated heterocycles. The lowest BCUT2D eigenvalue weighted by Gasteiger charge is -1.95. The molecule has 0 heterocycles. The Morgan fingerprint density at radius 2 is 2.00 bits per heavy atom. The van der Waals surface area contributed by atoms with Crippen molar-refractivity contribution in [3.05, 3.63) is 12.2 Å². The Morgan fingerprint density at radius 1 is 1.42 bits per heavy atom. The molecule has 1 N–H and O–H groups in total. The lowest BCUT2D eigenvalue weighted by atomic mass is 10.5. The lowest BCUT2D eigenvalue weighted by Crippen LogP contribution is -2.02. The summed E-state index contributed by atoms with van der Waals surface area (Å²) in [4.78, 5) is 20.4. The summed E-state index contributed by atoms with van der Waals surface area (Å²) in [6.07, 6.45) is 2.36. The first-order chi connectivity index (χ1) is 5.16. The van der Waals surface area contributed by atoms with E-state index in [1.807, 2.05) is 6.92 Å². The molecule has 0 fully saturated rings. The minimum Gasteiger partial charge on any atom is -0.478 e. The van der Waals surface area contributed by atoms with Crippen molar-refractivity contribution in [2.45, 2.75) is 13.3 Å². The maximum atomic E-state index is 10.5. The van der Waals surface area contributed by atoms with Gasteiger partial charge in [-0.1, -0.05) is 6.92 Å². The molecular formula is C7H11ClO4. The summed E-state index contributed by atoms with van der Waals surface area (Å²) in [6.45, 7) is 2.18. The second-order valence-corrected chi connectivity index (χ2v) is 1.84. The second kappa shape index (κ2) is 8.07. The van der Waals surface area contributed by atoms with Crippen molar-refractivity contribution in [1.29, 1.82) is 0 Å². The molecule has 70 valence electrons. The van der Waals surface area contributed by atoms with Gasteiger partial charge in [0.1, 0.15) is 0 Å². The van der Waals surface area contributed by atoms with Crippen molar-refractivity contribution in [3.8, 4) is 0 Å². The summed E-state index contributed by atoms with van der Waals surface area (Å²) in [6, 6.07) is 0. The molecule has 0 amide bonds. The van der Waals surface area contributed by atoms with Gasteiger partial charge in [-0.3, -0.25) is 0 Å². The fraction of sp³-hybridized carbons (Fsp3) is 0.429. The van der Waals surface area contributed by atoms with Crippen molar-refractivity contribution in [2.75, 3.05) is 6.61 Å². The molecule has 0 aliphatic rings. The van der Waals surface area contributed by atoms with Gasteiger partial charge in [-0.2, -0.15) is 0 Å². The number of carbonyl (C=O) groups excluding carboxylic acids is 1. The van der Waals surface area contributed by atoms with Crippen LogP contribution in [0.4, 0.5) is 0 Å². The molecule has 0 aromatic rings. The van der Waals surface area contributed by atoms with Gasteiger partial charge in [0.2, 0.25) is 0 Å². The monoisotopic (exact) mass is 194 g/mol. The lowest BCUT2D eigenvalue weighted by molar-refractivity contribution is -0.138.